The second-order valence-electron chi connectivity index (χ2n) is 8.05. The zero-order valence-electron chi connectivity index (χ0n) is 21.5. The predicted octanol–water partition coefficient (Wildman–Crippen LogP) is -0.636. The van der Waals surface area contributed by atoms with Gasteiger partial charge in [0.1, 0.15) is 24.2 Å². The molecule has 43 heavy (non-hydrogen) atoms. The zero-order chi connectivity index (χ0) is 31.9. The number of carbonyl (C=O) groups is 5. The number of oxime groups is 1. The summed E-state index contributed by atoms with van der Waals surface area (Å²) in [5.41, 5.74) is -0.689. The second kappa shape index (κ2) is 14.0. The topological polar surface area (TPSA) is 263 Å². The minimum absolute atomic E-state index is 0.0339. The number of esters is 2. The van der Waals surface area contributed by atoms with Gasteiger partial charge in [0.25, 0.3) is 17.5 Å². The maximum Gasteiger partial charge on any atom is 0.363 e. The third kappa shape index (κ3) is 8.18. The molecule has 22 heteroatoms. The van der Waals surface area contributed by atoms with Gasteiger partial charge in [-0.2, -0.15) is 12.7 Å². The highest BCUT2D eigenvalue weighted by Gasteiger charge is 2.58. The van der Waals surface area contributed by atoms with Crippen LogP contribution < -0.4 is 10.6 Å². The summed E-state index contributed by atoms with van der Waals surface area (Å²) in [5.74, 6) is -5.93. The van der Waals surface area contributed by atoms with E-state index in [4.69, 9.17) is 21.2 Å². The molecule has 19 nitrogen and oxygen atoms in total. The van der Waals surface area contributed by atoms with Crippen molar-refractivity contribution < 1.29 is 56.2 Å². The molecule has 1 aromatic carbocycles. The molecule has 1 fully saturated rings. The first-order valence-electron chi connectivity index (χ1n) is 11.4. The lowest BCUT2D eigenvalue weighted by Gasteiger charge is -2.41. The molecule has 0 bridgehead atoms. The lowest BCUT2D eigenvalue weighted by Crippen LogP contribution is -2.74. The Kier molecular flexibility index (Phi) is 10.6. The Morgan fingerprint density at radius 1 is 1.26 bits per heavy atom. The van der Waals surface area contributed by atoms with E-state index >= 15 is 0 Å². The van der Waals surface area contributed by atoms with Crippen molar-refractivity contribution in [2.45, 2.75) is 18.7 Å². The fourth-order valence-corrected chi connectivity index (χ4v) is 4.90. The number of carbonyl (C=O) groups excluding carboxylic acids is 5. The van der Waals surface area contributed by atoms with Gasteiger partial charge in [0, 0.05) is 17.5 Å². The molecule has 1 aromatic heterocycles. The number of ether oxygens (including phenoxy) is 2. The number of β-lactam (4-membered cyclic amide) rings is 1. The van der Waals surface area contributed by atoms with Crippen molar-refractivity contribution >= 4 is 79.4 Å². The van der Waals surface area contributed by atoms with Crippen LogP contribution in [0.4, 0.5) is 10.8 Å². The van der Waals surface area contributed by atoms with E-state index in [-0.39, 0.29) is 27.4 Å². The molecule has 3 N–H and O–H groups in total. The number of hydrogen-bond donors (Lipinski definition) is 3. The molecule has 1 saturated heterocycles. The minimum atomic E-state index is -5.19. The van der Waals surface area contributed by atoms with Crippen molar-refractivity contribution in [1.82, 2.24) is 14.6 Å². The summed E-state index contributed by atoms with van der Waals surface area (Å²) in [6, 6.07) is 1.36. The maximum atomic E-state index is 13.1. The smallest absolute Gasteiger partial charge is 0.363 e. The Balaban J connectivity index is 1.75. The largest absolute Gasteiger partial charge is 0.467 e. The minimum Gasteiger partial charge on any atom is -0.467 e. The van der Waals surface area contributed by atoms with Gasteiger partial charge in [-0.3, -0.25) is 29.1 Å². The quantitative estimate of drug-likeness (QED) is 0.0458. The molecule has 0 saturated carbocycles. The Morgan fingerprint density at radius 3 is 2.51 bits per heavy atom. The molecule has 2 heterocycles. The van der Waals surface area contributed by atoms with E-state index in [2.05, 4.69) is 25.5 Å². The predicted molar refractivity (Wildman–Crippen MR) is 143 cm³/mol. The molecule has 2 aromatic rings. The zero-order valence-corrected chi connectivity index (χ0v) is 23.9. The third-order valence-electron chi connectivity index (χ3n) is 5.24. The number of nitro groups is 1. The van der Waals surface area contributed by atoms with E-state index in [9.17, 15) is 47.1 Å². The Morgan fingerprint density at radius 2 is 1.93 bits per heavy atom. The highest BCUT2D eigenvalue weighted by molar-refractivity contribution is 7.84. The van der Waals surface area contributed by atoms with Gasteiger partial charge < -0.3 is 24.9 Å². The average Bonchev–Trinajstić information content (AvgIpc) is 3.42. The van der Waals surface area contributed by atoms with Gasteiger partial charge in [-0.25, -0.2) is 14.6 Å². The second-order valence-corrected chi connectivity index (χ2v) is 10.5. The number of anilines is 1. The van der Waals surface area contributed by atoms with Gasteiger partial charge in [-0.1, -0.05) is 5.16 Å². The Bertz CT molecular complexity index is 1580. The standard InChI is InChI=1S/C21H19ClN6O13S2/c1-39-20(33)17-16(19(32)27(17)43(36,37)38)25-18(31)15(12-9-42-21(23-12)24-13(29)6-22)26-41-8-14(30)40-7-10-2-4-11(5-3-10)28(34)35/h2-5,9,16-17H,6-8H2,1H3,(H,25,31)(H,23,24,29)(H,36,37,38)/t16-,17-/m0/s1. The van der Waals surface area contributed by atoms with Crippen molar-refractivity contribution in [2.75, 3.05) is 24.9 Å². The molecule has 0 aliphatic carbocycles. The average molecular weight is 663 g/mol. The van der Waals surface area contributed by atoms with E-state index in [1.807, 2.05) is 0 Å². The fourth-order valence-electron chi connectivity index (χ4n) is 3.29. The number of nitrogens with one attached hydrogen (secondary N) is 2. The number of benzene rings is 1. The molecule has 230 valence electrons. The van der Waals surface area contributed by atoms with Gasteiger partial charge in [-0.05, 0) is 17.7 Å². The summed E-state index contributed by atoms with van der Waals surface area (Å²) in [4.78, 5) is 80.2. The maximum absolute atomic E-state index is 13.1. The number of halogens is 1. The molecule has 0 unspecified atom stereocenters. The number of rotatable bonds is 13. The number of aromatic nitrogens is 1. The van der Waals surface area contributed by atoms with Crippen LogP contribution in [0, 0.1) is 10.1 Å². The highest BCUT2D eigenvalue weighted by atomic mass is 35.5. The van der Waals surface area contributed by atoms with E-state index in [1.54, 1.807) is 0 Å². The summed E-state index contributed by atoms with van der Waals surface area (Å²) >= 11 is 6.27. The third-order valence-corrected chi connectivity index (χ3v) is 7.15. The van der Waals surface area contributed by atoms with E-state index in [1.165, 1.54) is 29.6 Å². The van der Waals surface area contributed by atoms with Crippen LogP contribution >= 0.6 is 22.9 Å². The van der Waals surface area contributed by atoms with Crippen molar-refractivity contribution in [2.24, 2.45) is 5.16 Å². The van der Waals surface area contributed by atoms with Gasteiger partial charge in [0.15, 0.2) is 16.9 Å². The van der Waals surface area contributed by atoms with E-state index in [0.717, 1.165) is 18.4 Å². The SMILES string of the molecule is COC(=O)[C@@H]1[C@H](NC(=O)C(=NOCC(=O)OCc2ccc([N+](=O)[O-])cc2)c2csc(NC(=O)CCl)n2)C(=O)N1S(=O)(=O)O. The summed E-state index contributed by atoms with van der Waals surface area (Å²) < 4.78 is 41.5. The number of nitro benzene ring substituents is 1. The van der Waals surface area contributed by atoms with Crippen LogP contribution in [0.3, 0.4) is 0 Å². The summed E-state index contributed by atoms with van der Waals surface area (Å²) in [6.07, 6.45) is 0. The number of alkyl halides is 1. The van der Waals surface area contributed by atoms with Crippen LogP contribution in [0.5, 0.6) is 0 Å². The number of thiazole rings is 1. The lowest BCUT2D eigenvalue weighted by atomic mass is 9.98. The van der Waals surface area contributed by atoms with Crippen LogP contribution in [0.25, 0.3) is 0 Å². The molecule has 1 aliphatic heterocycles. The van der Waals surface area contributed by atoms with Crippen molar-refractivity contribution in [3.8, 4) is 0 Å². The van der Waals surface area contributed by atoms with Gasteiger partial charge in [-0.15, -0.1) is 22.9 Å². The number of nitrogens with zero attached hydrogens (tertiary/aromatic N) is 4. The monoisotopic (exact) mass is 662 g/mol. The number of amides is 3. The first kappa shape index (κ1) is 32.8. The first-order chi connectivity index (χ1) is 20.3. The van der Waals surface area contributed by atoms with Gasteiger partial charge in [0.2, 0.25) is 12.5 Å². The molecule has 1 aliphatic rings. The lowest BCUT2D eigenvalue weighted by molar-refractivity contribution is -0.384. The van der Waals surface area contributed by atoms with Crippen molar-refractivity contribution in [3.63, 3.8) is 0 Å². The number of methoxy groups -OCH3 is 1. The normalized spacial score (nSPS) is 16.5. The molecular weight excluding hydrogens is 644 g/mol. The highest BCUT2D eigenvalue weighted by Crippen LogP contribution is 2.25. The Labute approximate surface area is 249 Å². The number of non-ortho nitro benzene ring substituents is 1. The first-order valence-corrected chi connectivity index (χ1v) is 14.2. The summed E-state index contributed by atoms with van der Waals surface area (Å²) in [6.45, 7) is -1.14. The fraction of sp³-hybridized carbons (Fsp3) is 0.286. The van der Waals surface area contributed by atoms with Crippen molar-refractivity contribution in [3.05, 3.63) is 51.0 Å². The Hall–Kier alpha value is -4.73. The number of hydrogen-bond acceptors (Lipinski definition) is 15. The van der Waals surface area contributed by atoms with E-state index in [0.29, 0.717) is 5.56 Å². The van der Waals surface area contributed by atoms with E-state index < -0.39 is 75.2 Å². The molecule has 0 radical (unpaired) electrons. The van der Waals surface area contributed by atoms with Crippen LogP contribution in [0.2, 0.25) is 0 Å². The molecular formula is C21H19ClN6O13S2. The molecule has 3 amide bonds. The molecule has 3 rings (SSSR count). The van der Waals surface area contributed by atoms with Crippen LogP contribution in [0.1, 0.15) is 11.3 Å². The molecule has 2 atom stereocenters. The van der Waals surface area contributed by atoms with Crippen LogP contribution in [-0.2, 0) is 55.2 Å². The summed E-state index contributed by atoms with van der Waals surface area (Å²) in [7, 11) is -4.32. The molecule has 0 spiro atoms. The van der Waals surface area contributed by atoms with Gasteiger partial charge in [0.05, 0.1) is 12.0 Å². The summed E-state index contributed by atoms with van der Waals surface area (Å²) in [5, 5.41) is 19.9. The van der Waals surface area contributed by atoms with Crippen LogP contribution in [0.15, 0.2) is 34.8 Å². The van der Waals surface area contributed by atoms with Gasteiger partial charge >= 0.3 is 22.2 Å². The van der Waals surface area contributed by atoms with Crippen LogP contribution in [-0.4, -0.2) is 94.2 Å². The van der Waals surface area contributed by atoms with Crippen molar-refractivity contribution in [1.29, 1.82) is 0 Å².